The van der Waals surface area contributed by atoms with Crippen LogP contribution in [0.15, 0.2) is 52.4 Å². The normalized spacial score (nSPS) is 11.1. The van der Waals surface area contributed by atoms with Gasteiger partial charge in [-0.1, -0.05) is 30.0 Å². The quantitative estimate of drug-likeness (QED) is 0.387. The number of ketones is 1. The van der Waals surface area contributed by atoms with Crippen LogP contribution in [-0.4, -0.2) is 40.3 Å². The largest absolute Gasteiger partial charge is 0.493 e. The lowest BCUT2D eigenvalue weighted by molar-refractivity contribution is -0.114. The van der Waals surface area contributed by atoms with Gasteiger partial charge in [0.25, 0.3) is 5.56 Å². The molecular formula is C21H19N3O4S. The van der Waals surface area contributed by atoms with E-state index in [9.17, 15) is 9.59 Å². The van der Waals surface area contributed by atoms with Crippen molar-refractivity contribution in [3.63, 3.8) is 0 Å². The number of fused-ring (bicyclic) bond motifs is 3. The molecule has 2 heterocycles. The van der Waals surface area contributed by atoms with E-state index in [1.165, 1.54) is 30.4 Å². The summed E-state index contributed by atoms with van der Waals surface area (Å²) in [5.41, 5.74) is 2.16. The van der Waals surface area contributed by atoms with Crippen molar-refractivity contribution >= 4 is 39.5 Å². The molecule has 0 bridgehead atoms. The van der Waals surface area contributed by atoms with Crippen molar-refractivity contribution in [2.45, 2.75) is 12.1 Å². The molecule has 4 rings (SSSR count). The fraction of sp³-hybridized carbons (Fsp3) is 0.190. The monoisotopic (exact) mass is 409 g/mol. The van der Waals surface area contributed by atoms with Crippen molar-refractivity contribution < 1.29 is 14.3 Å². The molecule has 29 heavy (non-hydrogen) atoms. The van der Waals surface area contributed by atoms with Gasteiger partial charge in [0.1, 0.15) is 16.8 Å². The van der Waals surface area contributed by atoms with Gasteiger partial charge in [0, 0.05) is 17.0 Å². The number of H-pyrrole nitrogens is 1. The second-order valence-electron chi connectivity index (χ2n) is 6.46. The number of aromatic nitrogens is 3. The standard InChI is InChI=1S/C21H19N3O4S/c1-12(25)11-29-21-23-18-14-6-4-5-7-15(14)22-19(18)20(26)24(21)13-8-9-16(27-2)17(10-13)28-3/h4-10,22H,11H2,1-3H3. The SMILES string of the molecule is COc1ccc(-n2c(SCC(C)=O)nc3c([nH]c4ccccc43)c2=O)cc1OC. The van der Waals surface area contributed by atoms with Gasteiger partial charge in [-0.3, -0.25) is 14.2 Å². The molecule has 148 valence electrons. The summed E-state index contributed by atoms with van der Waals surface area (Å²) in [5, 5.41) is 1.30. The van der Waals surface area contributed by atoms with Crippen molar-refractivity contribution in [1.29, 1.82) is 0 Å². The van der Waals surface area contributed by atoms with Crippen LogP contribution < -0.4 is 15.0 Å². The van der Waals surface area contributed by atoms with Gasteiger partial charge in [0.05, 0.1) is 25.7 Å². The highest BCUT2D eigenvalue weighted by Crippen LogP contribution is 2.31. The van der Waals surface area contributed by atoms with Crippen molar-refractivity contribution in [2.75, 3.05) is 20.0 Å². The Labute approximate surface area is 170 Å². The van der Waals surface area contributed by atoms with Gasteiger partial charge < -0.3 is 14.5 Å². The first-order chi connectivity index (χ1) is 14.0. The predicted octanol–water partition coefficient (Wildman–Crippen LogP) is 3.57. The van der Waals surface area contributed by atoms with E-state index in [0.717, 1.165) is 10.9 Å². The van der Waals surface area contributed by atoms with E-state index in [4.69, 9.17) is 14.5 Å². The number of hydrogen-bond donors (Lipinski definition) is 1. The molecule has 0 fully saturated rings. The first-order valence-electron chi connectivity index (χ1n) is 8.91. The zero-order valence-corrected chi connectivity index (χ0v) is 17.0. The lowest BCUT2D eigenvalue weighted by Gasteiger charge is -2.14. The number of benzene rings is 2. The van der Waals surface area contributed by atoms with E-state index in [-0.39, 0.29) is 17.1 Å². The van der Waals surface area contributed by atoms with Crippen LogP contribution in [0.25, 0.3) is 27.6 Å². The molecule has 0 aliphatic carbocycles. The molecule has 0 spiro atoms. The maximum Gasteiger partial charge on any atom is 0.283 e. The number of thioether (sulfide) groups is 1. The number of hydrogen-bond acceptors (Lipinski definition) is 6. The zero-order chi connectivity index (χ0) is 20.5. The Morgan fingerprint density at radius 2 is 1.90 bits per heavy atom. The fourth-order valence-corrected chi connectivity index (χ4v) is 4.00. The van der Waals surface area contributed by atoms with Crippen LogP contribution in [-0.2, 0) is 4.79 Å². The minimum atomic E-state index is -0.246. The van der Waals surface area contributed by atoms with Crippen LogP contribution in [0.2, 0.25) is 0 Å². The highest BCUT2D eigenvalue weighted by Gasteiger charge is 2.18. The average molecular weight is 409 g/mol. The maximum absolute atomic E-state index is 13.4. The third-order valence-corrected chi connectivity index (χ3v) is 5.61. The predicted molar refractivity (Wildman–Crippen MR) is 114 cm³/mol. The van der Waals surface area contributed by atoms with Crippen LogP contribution in [0, 0.1) is 0 Å². The summed E-state index contributed by atoms with van der Waals surface area (Å²) in [7, 11) is 3.09. The minimum absolute atomic E-state index is 0.00198. The maximum atomic E-state index is 13.4. The highest BCUT2D eigenvalue weighted by molar-refractivity contribution is 7.99. The van der Waals surface area contributed by atoms with E-state index in [2.05, 4.69) is 4.98 Å². The van der Waals surface area contributed by atoms with Gasteiger partial charge in [0.2, 0.25) is 0 Å². The van der Waals surface area contributed by atoms with Gasteiger partial charge in [-0.2, -0.15) is 0 Å². The summed E-state index contributed by atoms with van der Waals surface area (Å²) < 4.78 is 12.2. The lowest BCUT2D eigenvalue weighted by Crippen LogP contribution is -2.22. The molecule has 0 unspecified atom stereocenters. The van der Waals surface area contributed by atoms with Crippen LogP contribution >= 0.6 is 11.8 Å². The molecule has 0 saturated carbocycles. The van der Waals surface area contributed by atoms with Crippen LogP contribution in [0.3, 0.4) is 0 Å². The number of nitrogens with one attached hydrogen (secondary N) is 1. The molecule has 0 atom stereocenters. The zero-order valence-electron chi connectivity index (χ0n) is 16.2. The summed E-state index contributed by atoms with van der Waals surface area (Å²) in [6, 6.07) is 12.8. The summed E-state index contributed by atoms with van der Waals surface area (Å²) in [6.45, 7) is 1.51. The van der Waals surface area contributed by atoms with Gasteiger partial charge in [-0.15, -0.1) is 0 Å². The number of aromatic amines is 1. The molecular weight excluding hydrogens is 390 g/mol. The Balaban J connectivity index is 2.01. The Kier molecular flexibility index (Phi) is 5.02. The van der Waals surface area contributed by atoms with Crippen LogP contribution in [0.4, 0.5) is 0 Å². The number of carbonyl (C=O) groups excluding carboxylic acids is 1. The molecule has 0 amide bonds. The Bertz CT molecular complexity index is 1290. The van der Waals surface area contributed by atoms with Gasteiger partial charge in [0.15, 0.2) is 16.7 Å². The molecule has 0 radical (unpaired) electrons. The van der Waals surface area contributed by atoms with Gasteiger partial charge in [-0.25, -0.2) is 4.98 Å². The number of Topliss-reactive ketones (excluding diaryl/α,β-unsaturated/α-hetero) is 1. The molecule has 1 N–H and O–H groups in total. The second kappa shape index (κ2) is 7.63. The molecule has 4 aromatic rings. The summed E-state index contributed by atoms with van der Waals surface area (Å²) in [4.78, 5) is 32.9. The summed E-state index contributed by atoms with van der Waals surface area (Å²) >= 11 is 1.23. The Morgan fingerprint density at radius 1 is 1.14 bits per heavy atom. The van der Waals surface area contributed by atoms with E-state index >= 15 is 0 Å². The van der Waals surface area contributed by atoms with E-state index in [0.29, 0.717) is 33.4 Å². The summed E-state index contributed by atoms with van der Waals surface area (Å²) in [6.07, 6.45) is 0. The van der Waals surface area contributed by atoms with Gasteiger partial charge in [-0.05, 0) is 25.1 Å². The number of carbonyl (C=O) groups is 1. The fourth-order valence-electron chi connectivity index (χ4n) is 3.20. The number of methoxy groups -OCH3 is 2. The molecule has 2 aromatic carbocycles. The Morgan fingerprint density at radius 3 is 2.62 bits per heavy atom. The minimum Gasteiger partial charge on any atom is -0.493 e. The smallest absolute Gasteiger partial charge is 0.283 e. The third-order valence-electron chi connectivity index (χ3n) is 4.52. The first-order valence-corrected chi connectivity index (χ1v) is 9.90. The van der Waals surface area contributed by atoms with E-state index in [1.54, 1.807) is 25.3 Å². The molecule has 7 nitrogen and oxygen atoms in total. The number of rotatable bonds is 6. The number of ether oxygens (including phenoxy) is 2. The van der Waals surface area contributed by atoms with Crippen molar-refractivity contribution in [1.82, 2.24) is 14.5 Å². The number of nitrogens with zero attached hydrogens (tertiary/aromatic N) is 2. The average Bonchev–Trinajstić information content (AvgIpc) is 3.11. The van der Waals surface area contributed by atoms with E-state index in [1.807, 2.05) is 24.3 Å². The van der Waals surface area contributed by atoms with Gasteiger partial charge >= 0.3 is 0 Å². The first kappa shape index (κ1) is 19.1. The molecule has 0 saturated heterocycles. The molecule has 0 aliphatic rings. The Hall–Kier alpha value is -3.26. The topological polar surface area (TPSA) is 86.2 Å². The van der Waals surface area contributed by atoms with Crippen LogP contribution in [0.1, 0.15) is 6.92 Å². The highest BCUT2D eigenvalue weighted by atomic mass is 32.2. The number of para-hydroxylation sites is 1. The molecule has 2 aromatic heterocycles. The second-order valence-corrected chi connectivity index (χ2v) is 7.40. The van der Waals surface area contributed by atoms with Crippen molar-refractivity contribution in [3.8, 4) is 17.2 Å². The lowest BCUT2D eigenvalue weighted by atomic mass is 10.2. The van der Waals surface area contributed by atoms with Crippen molar-refractivity contribution in [2.24, 2.45) is 0 Å². The summed E-state index contributed by atoms with van der Waals surface area (Å²) in [5.74, 6) is 1.27. The van der Waals surface area contributed by atoms with Crippen molar-refractivity contribution in [3.05, 3.63) is 52.8 Å². The third kappa shape index (κ3) is 3.36. The molecule has 8 heteroatoms. The van der Waals surface area contributed by atoms with E-state index < -0.39 is 0 Å². The van der Waals surface area contributed by atoms with Crippen LogP contribution in [0.5, 0.6) is 11.5 Å². The molecule has 0 aliphatic heterocycles.